The SMILES string of the molecule is COCC(=O)NCC1(COC)CCNCC1. The van der Waals surface area contributed by atoms with Crippen LogP contribution in [0, 0.1) is 5.41 Å². The molecule has 94 valence electrons. The number of methoxy groups -OCH3 is 2. The van der Waals surface area contributed by atoms with Gasteiger partial charge in [0.25, 0.3) is 0 Å². The van der Waals surface area contributed by atoms with Gasteiger partial charge in [0, 0.05) is 26.2 Å². The monoisotopic (exact) mass is 230 g/mol. The average molecular weight is 230 g/mol. The Kier molecular flexibility index (Phi) is 5.73. The smallest absolute Gasteiger partial charge is 0.246 e. The number of nitrogens with one attached hydrogen (secondary N) is 2. The second-order valence-electron chi connectivity index (χ2n) is 4.39. The summed E-state index contributed by atoms with van der Waals surface area (Å²) in [5, 5.41) is 6.22. The van der Waals surface area contributed by atoms with Crippen LogP contribution in [0.5, 0.6) is 0 Å². The van der Waals surface area contributed by atoms with Gasteiger partial charge in [0.15, 0.2) is 0 Å². The molecule has 1 heterocycles. The van der Waals surface area contributed by atoms with Gasteiger partial charge in [-0.1, -0.05) is 0 Å². The molecule has 0 saturated carbocycles. The van der Waals surface area contributed by atoms with Gasteiger partial charge in [0.05, 0.1) is 6.61 Å². The zero-order valence-corrected chi connectivity index (χ0v) is 10.2. The fraction of sp³-hybridized carbons (Fsp3) is 0.909. The van der Waals surface area contributed by atoms with Crippen LogP contribution >= 0.6 is 0 Å². The predicted octanol–water partition coefficient (Wildman–Crippen LogP) is -0.235. The van der Waals surface area contributed by atoms with Gasteiger partial charge < -0.3 is 20.1 Å². The molecule has 0 aromatic rings. The van der Waals surface area contributed by atoms with Crippen LogP contribution in [-0.2, 0) is 14.3 Å². The van der Waals surface area contributed by atoms with E-state index in [1.165, 1.54) is 7.11 Å². The highest BCUT2D eigenvalue weighted by molar-refractivity contribution is 5.77. The average Bonchev–Trinajstić information content (AvgIpc) is 2.29. The van der Waals surface area contributed by atoms with Crippen LogP contribution in [0.3, 0.4) is 0 Å². The first-order valence-electron chi connectivity index (χ1n) is 5.68. The fourth-order valence-corrected chi connectivity index (χ4v) is 2.10. The molecule has 0 radical (unpaired) electrons. The summed E-state index contributed by atoms with van der Waals surface area (Å²) in [6, 6.07) is 0. The zero-order chi connectivity index (χ0) is 11.9. The van der Waals surface area contributed by atoms with Crippen LogP contribution in [0.1, 0.15) is 12.8 Å². The van der Waals surface area contributed by atoms with Gasteiger partial charge in [0.1, 0.15) is 6.61 Å². The number of amides is 1. The molecule has 0 unspecified atom stereocenters. The standard InChI is InChI=1S/C11H22N2O3/c1-15-7-10(14)13-8-11(9-16-2)3-5-12-6-4-11/h12H,3-9H2,1-2H3,(H,13,14). The Hall–Kier alpha value is -0.650. The van der Waals surface area contributed by atoms with Crippen molar-refractivity contribution in [3.05, 3.63) is 0 Å². The number of rotatable bonds is 6. The van der Waals surface area contributed by atoms with E-state index in [0.29, 0.717) is 13.2 Å². The summed E-state index contributed by atoms with van der Waals surface area (Å²) in [5.74, 6) is -0.0588. The molecular weight excluding hydrogens is 208 g/mol. The first kappa shape index (κ1) is 13.4. The van der Waals surface area contributed by atoms with Crippen LogP contribution in [-0.4, -0.2) is 53.0 Å². The first-order valence-corrected chi connectivity index (χ1v) is 5.68. The van der Waals surface area contributed by atoms with E-state index < -0.39 is 0 Å². The lowest BCUT2D eigenvalue weighted by molar-refractivity contribution is -0.125. The maximum absolute atomic E-state index is 11.3. The molecule has 1 amide bonds. The molecule has 1 aliphatic rings. The predicted molar refractivity (Wildman–Crippen MR) is 61.3 cm³/mol. The van der Waals surface area contributed by atoms with E-state index in [9.17, 15) is 4.79 Å². The van der Waals surface area contributed by atoms with Crippen molar-refractivity contribution in [2.45, 2.75) is 12.8 Å². The minimum atomic E-state index is -0.0588. The van der Waals surface area contributed by atoms with Gasteiger partial charge in [-0.2, -0.15) is 0 Å². The molecule has 0 atom stereocenters. The highest BCUT2D eigenvalue weighted by Crippen LogP contribution is 2.28. The Balaban J connectivity index is 2.40. The minimum absolute atomic E-state index is 0.0588. The van der Waals surface area contributed by atoms with Crippen molar-refractivity contribution >= 4 is 5.91 Å². The molecule has 1 aliphatic heterocycles. The van der Waals surface area contributed by atoms with Crippen LogP contribution in [0.2, 0.25) is 0 Å². The van der Waals surface area contributed by atoms with Gasteiger partial charge in [-0.15, -0.1) is 0 Å². The second kappa shape index (κ2) is 6.83. The summed E-state index contributed by atoms with van der Waals surface area (Å²) in [6.45, 7) is 3.47. The highest BCUT2D eigenvalue weighted by atomic mass is 16.5. The lowest BCUT2D eigenvalue weighted by Gasteiger charge is -2.37. The lowest BCUT2D eigenvalue weighted by atomic mass is 9.79. The Morgan fingerprint density at radius 2 is 2.00 bits per heavy atom. The molecule has 1 fully saturated rings. The Morgan fingerprint density at radius 1 is 1.31 bits per heavy atom. The van der Waals surface area contributed by atoms with Crippen molar-refractivity contribution in [2.24, 2.45) is 5.41 Å². The summed E-state index contributed by atoms with van der Waals surface area (Å²) in [4.78, 5) is 11.3. The summed E-state index contributed by atoms with van der Waals surface area (Å²) >= 11 is 0. The Bertz CT molecular complexity index is 210. The maximum atomic E-state index is 11.3. The summed E-state index contributed by atoms with van der Waals surface area (Å²) in [7, 11) is 3.23. The van der Waals surface area contributed by atoms with Crippen molar-refractivity contribution in [1.29, 1.82) is 0 Å². The molecule has 0 spiro atoms. The topological polar surface area (TPSA) is 59.6 Å². The number of carbonyl (C=O) groups excluding carboxylic acids is 1. The van der Waals surface area contributed by atoms with E-state index in [2.05, 4.69) is 10.6 Å². The molecule has 5 heteroatoms. The number of hydrogen-bond acceptors (Lipinski definition) is 4. The molecular formula is C11H22N2O3. The number of piperidine rings is 1. The molecule has 1 rings (SSSR count). The van der Waals surface area contributed by atoms with Gasteiger partial charge in [-0.05, 0) is 25.9 Å². The van der Waals surface area contributed by atoms with Crippen molar-refractivity contribution in [1.82, 2.24) is 10.6 Å². The highest BCUT2D eigenvalue weighted by Gasteiger charge is 2.32. The molecule has 5 nitrogen and oxygen atoms in total. The molecule has 2 N–H and O–H groups in total. The summed E-state index contributed by atoms with van der Waals surface area (Å²) in [5.41, 5.74) is 0.0867. The third kappa shape index (κ3) is 4.08. The lowest BCUT2D eigenvalue weighted by Crippen LogP contribution is -2.47. The third-order valence-corrected chi connectivity index (χ3v) is 3.05. The molecule has 0 aromatic carbocycles. The minimum Gasteiger partial charge on any atom is -0.384 e. The summed E-state index contributed by atoms with van der Waals surface area (Å²) in [6.07, 6.45) is 2.07. The normalized spacial score (nSPS) is 19.4. The maximum Gasteiger partial charge on any atom is 0.246 e. The molecule has 0 aliphatic carbocycles. The van der Waals surface area contributed by atoms with E-state index >= 15 is 0 Å². The summed E-state index contributed by atoms with van der Waals surface area (Å²) < 4.78 is 10.0. The first-order chi connectivity index (χ1) is 7.72. The van der Waals surface area contributed by atoms with Crippen LogP contribution < -0.4 is 10.6 Å². The molecule has 1 saturated heterocycles. The molecule has 0 aromatic heterocycles. The number of ether oxygens (including phenoxy) is 2. The van der Waals surface area contributed by atoms with E-state index in [1.54, 1.807) is 7.11 Å². The number of carbonyl (C=O) groups is 1. The molecule has 16 heavy (non-hydrogen) atoms. The fourth-order valence-electron chi connectivity index (χ4n) is 2.10. The van der Waals surface area contributed by atoms with E-state index in [4.69, 9.17) is 9.47 Å². The second-order valence-corrected chi connectivity index (χ2v) is 4.39. The van der Waals surface area contributed by atoms with Crippen molar-refractivity contribution in [3.63, 3.8) is 0 Å². The number of hydrogen-bond donors (Lipinski definition) is 2. The van der Waals surface area contributed by atoms with E-state index in [1.807, 2.05) is 0 Å². The Morgan fingerprint density at radius 3 is 2.56 bits per heavy atom. The van der Waals surface area contributed by atoms with Crippen molar-refractivity contribution in [2.75, 3.05) is 47.1 Å². The third-order valence-electron chi connectivity index (χ3n) is 3.05. The van der Waals surface area contributed by atoms with Gasteiger partial charge in [-0.25, -0.2) is 0 Å². The van der Waals surface area contributed by atoms with Crippen LogP contribution in [0.4, 0.5) is 0 Å². The van der Waals surface area contributed by atoms with E-state index in [-0.39, 0.29) is 17.9 Å². The van der Waals surface area contributed by atoms with Gasteiger partial charge >= 0.3 is 0 Å². The van der Waals surface area contributed by atoms with Crippen molar-refractivity contribution in [3.8, 4) is 0 Å². The Labute approximate surface area is 96.9 Å². The van der Waals surface area contributed by atoms with Crippen molar-refractivity contribution < 1.29 is 14.3 Å². The van der Waals surface area contributed by atoms with E-state index in [0.717, 1.165) is 25.9 Å². The zero-order valence-electron chi connectivity index (χ0n) is 10.2. The quantitative estimate of drug-likeness (QED) is 0.661. The molecule has 0 bridgehead atoms. The van der Waals surface area contributed by atoms with Crippen LogP contribution in [0.15, 0.2) is 0 Å². The van der Waals surface area contributed by atoms with Gasteiger partial charge in [-0.3, -0.25) is 4.79 Å². The van der Waals surface area contributed by atoms with Gasteiger partial charge in [0.2, 0.25) is 5.91 Å². The van der Waals surface area contributed by atoms with Crippen LogP contribution in [0.25, 0.3) is 0 Å². The largest absolute Gasteiger partial charge is 0.384 e.